The maximum absolute atomic E-state index is 12.4. The van der Waals surface area contributed by atoms with Crippen molar-refractivity contribution in [3.63, 3.8) is 0 Å². The predicted octanol–water partition coefficient (Wildman–Crippen LogP) is 3.14. The highest BCUT2D eigenvalue weighted by atomic mass is 32.2. The average Bonchev–Trinajstić information content (AvgIpc) is 2.47. The maximum Gasteiger partial charge on any atom is 0.240 e. The molecule has 0 bridgehead atoms. The highest BCUT2D eigenvalue weighted by Gasteiger charge is 2.16. The highest BCUT2D eigenvalue weighted by Crippen LogP contribution is 2.20. The van der Waals surface area contributed by atoms with E-state index in [0.29, 0.717) is 17.9 Å². The number of hydrogen-bond acceptors (Lipinski definition) is 3. The molecule has 0 aliphatic heterocycles. The first-order valence-corrected chi connectivity index (χ1v) is 9.02. The standard InChI is InChI=1S/C18H23NO3S/c1-13-6-8-18(15(3)11-13)23(20,21)19-10-9-16-12-14(2)5-7-17(16)22-4/h5-8,11-12,19H,9-10H2,1-4H3. The first kappa shape index (κ1) is 17.5. The third kappa shape index (κ3) is 4.33. The van der Waals surface area contributed by atoms with Gasteiger partial charge >= 0.3 is 0 Å². The Morgan fingerprint density at radius 1 is 1.00 bits per heavy atom. The summed E-state index contributed by atoms with van der Waals surface area (Å²) >= 11 is 0. The lowest BCUT2D eigenvalue weighted by Crippen LogP contribution is -2.26. The quantitative estimate of drug-likeness (QED) is 0.883. The molecule has 0 aromatic heterocycles. The summed E-state index contributed by atoms with van der Waals surface area (Å²) in [6.45, 7) is 6.09. The summed E-state index contributed by atoms with van der Waals surface area (Å²) in [4.78, 5) is 0.333. The minimum Gasteiger partial charge on any atom is -0.496 e. The zero-order valence-corrected chi connectivity index (χ0v) is 14.8. The highest BCUT2D eigenvalue weighted by molar-refractivity contribution is 7.89. The van der Waals surface area contributed by atoms with Crippen molar-refractivity contribution in [3.8, 4) is 5.75 Å². The minimum atomic E-state index is -3.50. The van der Waals surface area contributed by atoms with E-state index in [1.807, 2.05) is 51.1 Å². The molecule has 5 heteroatoms. The molecule has 0 amide bonds. The SMILES string of the molecule is COc1ccc(C)cc1CCNS(=O)(=O)c1ccc(C)cc1C. The molecule has 0 fully saturated rings. The first-order chi connectivity index (χ1) is 10.8. The van der Waals surface area contributed by atoms with Gasteiger partial charge in [0.1, 0.15) is 5.75 Å². The molecule has 0 spiro atoms. The van der Waals surface area contributed by atoms with Crippen LogP contribution in [0.3, 0.4) is 0 Å². The van der Waals surface area contributed by atoms with E-state index in [4.69, 9.17) is 4.74 Å². The zero-order chi connectivity index (χ0) is 17.0. The molecule has 1 N–H and O–H groups in total. The van der Waals surface area contributed by atoms with Crippen LogP contribution in [0.15, 0.2) is 41.3 Å². The van der Waals surface area contributed by atoms with Gasteiger partial charge in [0.25, 0.3) is 0 Å². The van der Waals surface area contributed by atoms with Gasteiger partial charge in [-0.15, -0.1) is 0 Å². The van der Waals surface area contributed by atoms with Crippen LogP contribution >= 0.6 is 0 Å². The molecule has 2 aromatic carbocycles. The number of rotatable bonds is 6. The van der Waals surface area contributed by atoms with E-state index in [9.17, 15) is 8.42 Å². The Balaban J connectivity index is 2.10. The van der Waals surface area contributed by atoms with Crippen molar-refractivity contribution in [2.45, 2.75) is 32.1 Å². The van der Waals surface area contributed by atoms with Crippen molar-refractivity contribution >= 4 is 10.0 Å². The van der Waals surface area contributed by atoms with E-state index < -0.39 is 10.0 Å². The lowest BCUT2D eigenvalue weighted by atomic mass is 10.1. The number of ether oxygens (including phenoxy) is 1. The number of hydrogen-bond donors (Lipinski definition) is 1. The zero-order valence-electron chi connectivity index (χ0n) is 14.0. The molecule has 0 saturated carbocycles. The second kappa shape index (κ2) is 7.15. The van der Waals surface area contributed by atoms with Crippen LogP contribution in [0, 0.1) is 20.8 Å². The van der Waals surface area contributed by atoms with E-state index in [1.165, 1.54) is 0 Å². The van der Waals surface area contributed by atoms with Crippen molar-refractivity contribution in [1.82, 2.24) is 4.72 Å². The third-order valence-corrected chi connectivity index (χ3v) is 5.36. The molecule has 23 heavy (non-hydrogen) atoms. The maximum atomic E-state index is 12.4. The molecule has 0 radical (unpaired) electrons. The Morgan fingerprint density at radius 3 is 2.30 bits per heavy atom. The number of benzene rings is 2. The van der Waals surface area contributed by atoms with Crippen LogP contribution in [-0.4, -0.2) is 22.1 Å². The summed E-state index contributed by atoms with van der Waals surface area (Å²) in [6.07, 6.45) is 0.578. The van der Waals surface area contributed by atoms with Crippen molar-refractivity contribution in [3.05, 3.63) is 58.7 Å². The van der Waals surface area contributed by atoms with Gasteiger partial charge in [-0.05, 0) is 50.5 Å². The van der Waals surface area contributed by atoms with Gasteiger partial charge < -0.3 is 4.74 Å². The normalized spacial score (nSPS) is 11.5. The van der Waals surface area contributed by atoms with Crippen LogP contribution in [0.1, 0.15) is 22.3 Å². The predicted molar refractivity (Wildman–Crippen MR) is 92.5 cm³/mol. The molecule has 0 heterocycles. The summed E-state index contributed by atoms with van der Waals surface area (Å²) in [6, 6.07) is 11.2. The molecule has 0 saturated heterocycles. The van der Waals surface area contributed by atoms with Gasteiger partial charge in [-0.2, -0.15) is 0 Å². The summed E-state index contributed by atoms with van der Waals surface area (Å²) in [5, 5.41) is 0. The molecule has 124 valence electrons. The second-order valence-corrected chi connectivity index (χ2v) is 7.47. The number of aryl methyl sites for hydroxylation is 3. The second-order valence-electron chi connectivity index (χ2n) is 5.73. The lowest BCUT2D eigenvalue weighted by molar-refractivity contribution is 0.409. The Morgan fingerprint density at radius 2 is 1.65 bits per heavy atom. The van der Waals surface area contributed by atoms with Crippen molar-refractivity contribution in [2.24, 2.45) is 0 Å². The number of nitrogens with one attached hydrogen (secondary N) is 1. The van der Waals surface area contributed by atoms with E-state index in [-0.39, 0.29) is 0 Å². The summed E-state index contributed by atoms with van der Waals surface area (Å²) < 4.78 is 32.9. The van der Waals surface area contributed by atoms with Gasteiger partial charge in [0.15, 0.2) is 0 Å². The molecule has 0 aliphatic rings. The monoisotopic (exact) mass is 333 g/mol. The fourth-order valence-corrected chi connectivity index (χ4v) is 3.86. The van der Waals surface area contributed by atoms with Gasteiger partial charge in [-0.1, -0.05) is 35.4 Å². The topological polar surface area (TPSA) is 55.4 Å². The Labute approximate surface area is 138 Å². The van der Waals surface area contributed by atoms with Crippen LogP contribution in [0.2, 0.25) is 0 Å². The van der Waals surface area contributed by atoms with E-state index in [2.05, 4.69) is 4.72 Å². The molecule has 0 unspecified atom stereocenters. The van der Waals surface area contributed by atoms with Crippen LogP contribution in [-0.2, 0) is 16.4 Å². The number of methoxy groups -OCH3 is 1. The summed E-state index contributed by atoms with van der Waals surface area (Å²) in [5.74, 6) is 0.779. The molecule has 2 aromatic rings. The fourth-order valence-electron chi connectivity index (χ4n) is 2.60. The van der Waals surface area contributed by atoms with Crippen LogP contribution in [0.5, 0.6) is 5.75 Å². The van der Waals surface area contributed by atoms with Crippen molar-refractivity contribution in [2.75, 3.05) is 13.7 Å². The molecular weight excluding hydrogens is 310 g/mol. The van der Waals surface area contributed by atoms with Gasteiger partial charge in [-0.3, -0.25) is 0 Å². The minimum absolute atomic E-state index is 0.329. The van der Waals surface area contributed by atoms with Crippen LogP contribution in [0.4, 0.5) is 0 Å². The van der Waals surface area contributed by atoms with Crippen LogP contribution < -0.4 is 9.46 Å². The van der Waals surface area contributed by atoms with Gasteiger partial charge in [0.05, 0.1) is 12.0 Å². The molecule has 2 rings (SSSR count). The summed E-state index contributed by atoms with van der Waals surface area (Å²) in [5.41, 5.74) is 3.92. The Hall–Kier alpha value is -1.85. The smallest absolute Gasteiger partial charge is 0.240 e. The van der Waals surface area contributed by atoms with E-state index >= 15 is 0 Å². The van der Waals surface area contributed by atoms with Crippen molar-refractivity contribution < 1.29 is 13.2 Å². The molecule has 0 aliphatic carbocycles. The Bertz CT molecular complexity index is 798. The molecule has 0 atom stereocenters. The first-order valence-electron chi connectivity index (χ1n) is 7.54. The van der Waals surface area contributed by atoms with E-state index in [1.54, 1.807) is 13.2 Å². The van der Waals surface area contributed by atoms with E-state index in [0.717, 1.165) is 28.0 Å². The Kier molecular flexibility index (Phi) is 5.44. The molecule has 4 nitrogen and oxygen atoms in total. The lowest BCUT2D eigenvalue weighted by Gasteiger charge is -2.12. The third-order valence-electron chi connectivity index (χ3n) is 3.74. The molecular formula is C18H23NO3S. The van der Waals surface area contributed by atoms with Crippen LogP contribution in [0.25, 0.3) is 0 Å². The van der Waals surface area contributed by atoms with Gasteiger partial charge in [0.2, 0.25) is 10.0 Å². The number of sulfonamides is 1. The van der Waals surface area contributed by atoms with Gasteiger partial charge in [0, 0.05) is 6.54 Å². The average molecular weight is 333 g/mol. The van der Waals surface area contributed by atoms with Gasteiger partial charge in [-0.25, -0.2) is 13.1 Å². The summed E-state index contributed by atoms with van der Waals surface area (Å²) in [7, 11) is -1.88. The largest absolute Gasteiger partial charge is 0.496 e. The van der Waals surface area contributed by atoms with Crippen molar-refractivity contribution in [1.29, 1.82) is 0 Å². The fraction of sp³-hybridized carbons (Fsp3) is 0.333.